The molecule has 0 aromatic heterocycles. The third-order valence-electron chi connectivity index (χ3n) is 3.71. The molecule has 1 aliphatic heterocycles. The summed E-state index contributed by atoms with van der Waals surface area (Å²) in [7, 11) is 3.41. The van der Waals surface area contributed by atoms with Gasteiger partial charge in [0, 0.05) is 26.8 Å². The van der Waals surface area contributed by atoms with E-state index in [4.69, 9.17) is 15.2 Å². The van der Waals surface area contributed by atoms with Crippen molar-refractivity contribution >= 4 is 5.91 Å². The number of hydrogen-bond acceptors (Lipinski definition) is 4. The Morgan fingerprint density at radius 2 is 2.15 bits per heavy atom. The fraction of sp³-hybridized carbons (Fsp3) is 0.533. The normalized spacial score (nSPS) is 17.6. The summed E-state index contributed by atoms with van der Waals surface area (Å²) in [5.41, 5.74) is 6.46. The minimum absolute atomic E-state index is 0.0244. The van der Waals surface area contributed by atoms with E-state index >= 15 is 0 Å². The molecular formula is C15H22N2O3. The highest BCUT2D eigenvalue weighted by molar-refractivity contribution is 5.86. The van der Waals surface area contributed by atoms with Gasteiger partial charge in [-0.2, -0.15) is 0 Å². The number of nitrogens with two attached hydrogens (primary N) is 1. The van der Waals surface area contributed by atoms with Crippen molar-refractivity contribution in [3.8, 4) is 5.75 Å². The Labute approximate surface area is 119 Å². The van der Waals surface area contributed by atoms with Crippen molar-refractivity contribution in [2.75, 3.05) is 27.4 Å². The van der Waals surface area contributed by atoms with Gasteiger partial charge in [0.1, 0.15) is 5.75 Å². The third-order valence-corrected chi connectivity index (χ3v) is 3.71. The molecule has 0 saturated carbocycles. The number of ether oxygens (including phenoxy) is 2. The zero-order chi connectivity index (χ0) is 14.6. The van der Waals surface area contributed by atoms with Crippen molar-refractivity contribution in [1.29, 1.82) is 0 Å². The predicted octanol–water partition coefficient (Wildman–Crippen LogP) is 1.16. The Hall–Kier alpha value is -1.59. The molecule has 1 heterocycles. The fourth-order valence-electron chi connectivity index (χ4n) is 2.45. The summed E-state index contributed by atoms with van der Waals surface area (Å²) in [6.07, 6.45) is 1.16. The van der Waals surface area contributed by atoms with Crippen molar-refractivity contribution < 1.29 is 14.3 Å². The molecule has 1 saturated heterocycles. The molecule has 0 unspecified atom stereocenters. The summed E-state index contributed by atoms with van der Waals surface area (Å²) >= 11 is 0. The van der Waals surface area contributed by atoms with E-state index in [2.05, 4.69) is 0 Å². The number of benzene rings is 1. The van der Waals surface area contributed by atoms with Gasteiger partial charge in [-0.3, -0.25) is 4.79 Å². The van der Waals surface area contributed by atoms with Crippen LogP contribution < -0.4 is 10.5 Å². The van der Waals surface area contributed by atoms with Crippen LogP contribution in [0.15, 0.2) is 24.3 Å². The van der Waals surface area contributed by atoms with Crippen molar-refractivity contribution in [3.63, 3.8) is 0 Å². The molecule has 1 aromatic carbocycles. The lowest BCUT2D eigenvalue weighted by Crippen LogP contribution is -2.57. The Kier molecular flexibility index (Phi) is 4.62. The summed E-state index contributed by atoms with van der Waals surface area (Å²) < 4.78 is 10.5. The molecule has 2 N–H and O–H groups in total. The highest BCUT2D eigenvalue weighted by Gasteiger charge is 2.37. The Morgan fingerprint density at radius 3 is 2.80 bits per heavy atom. The van der Waals surface area contributed by atoms with E-state index in [-0.39, 0.29) is 5.91 Å². The second-order valence-corrected chi connectivity index (χ2v) is 5.28. The standard InChI is InChI=1S/C15H22N2O3/c1-17(11-12-4-3-5-13(10-12)19-2)14(18)15(16)6-8-20-9-7-15/h3-5,10H,6-9,11,16H2,1-2H3. The first-order valence-electron chi connectivity index (χ1n) is 6.80. The van der Waals surface area contributed by atoms with Gasteiger partial charge < -0.3 is 20.1 Å². The summed E-state index contributed by atoms with van der Waals surface area (Å²) in [4.78, 5) is 14.2. The van der Waals surface area contributed by atoms with Gasteiger partial charge in [-0.25, -0.2) is 0 Å². The summed E-state index contributed by atoms with van der Waals surface area (Å²) in [5.74, 6) is 0.764. The second kappa shape index (κ2) is 6.24. The number of rotatable bonds is 4. The van der Waals surface area contributed by atoms with Crippen LogP contribution in [0.1, 0.15) is 18.4 Å². The van der Waals surface area contributed by atoms with Crippen LogP contribution in [-0.4, -0.2) is 43.7 Å². The van der Waals surface area contributed by atoms with Crippen LogP contribution in [0.25, 0.3) is 0 Å². The number of nitrogens with zero attached hydrogens (tertiary/aromatic N) is 1. The number of hydrogen-bond donors (Lipinski definition) is 1. The molecule has 0 aliphatic carbocycles. The maximum atomic E-state index is 12.5. The molecule has 0 atom stereocenters. The first-order chi connectivity index (χ1) is 9.55. The van der Waals surface area contributed by atoms with Gasteiger partial charge >= 0.3 is 0 Å². The van der Waals surface area contributed by atoms with Gasteiger partial charge in [0.05, 0.1) is 12.6 Å². The van der Waals surface area contributed by atoms with Crippen molar-refractivity contribution in [3.05, 3.63) is 29.8 Å². The molecule has 20 heavy (non-hydrogen) atoms. The number of methoxy groups -OCH3 is 1. The molecule has 1 amide bonds. The maximum Gasteiger partial charge on any atom is 0.242 e. The molecule has 110 valence electrons. The topological polar surface area (TPSA) is 64.8 Å². The smallest absolute Gasteiger partial charge is 0.242 e. The molecule has 0 spiro atoms. The molecule has 1 aliphatic rings. The highest BCUT2D eigenvalue weighted by atomic mass is 16.5. The van der Waals surface area contributed by atoms with E-state index in [1.54, 1.807) is 19.1 Å². The first kappa shape index (κ1) is 14.8. The second-order valence-electron chi connectivity index (χ2n) is 5.28. The molecule has 0 radical (unpaired) electrons. The van der Waals surface area contributed by atoms with Crippen LogP contribution in [0.3, 0.4) is 0 Å². The maximum absolute atomic E-state index is 12.5. The van der Waals surface area contributed by atoms with Crippen molar-refractivity contribution in [2.24, 2.45) is 5.73 Å². The van der Waals surface area contributed by atoms with E-state index in [1.165, 1.54) is 0 Å². The minimum Gasteiger partial charge on any atom is -0.497 e. The van der Waals surface area contributed by atoms with Gasteiger partial charge in [0.15, 0.2) is 0 Å². The quantitative estimate of drug-likeness (QED) is 0.897. The lowest BCUT2D eigenvalue weighted by molar-refractivity contribution is -0.139. The summed E-state index contributed by atoms with van der Waals surface area (Å²) in [6.45, 7) is 1.63. The molecular weight excluding hydrogens is 256 g/mol. The molecule has 1 fully saturated rings. The van der Waals surface area contributed by atoms with Gasteiger partial charge in [-0.05, 0) is 30.5 Å². The predicted molar refractivity (Wildman–Crippen MR) is 76.4 cm³/mol. The van der Waals surface area contributed by atoms with E-state index in [1.807, 2.05) is 24.3 Å². The van der Waals surface area contributed by atoms with Crippen LogP contribution in [0, 0.1) is 0 Å². The Bertz CT molecular complexity index is 470. The number of carbonyl (C=O) groups is 1. The minimum atomic E-state index is -0.786. The number of likely N-dealkylation sites (N-methyl/N-ethyl adjacent to an activating group) is 1. The van der Waals surface area contributed by atoms with Crippen LogP contribution >= 0.6 is 0 Å². The molecule has 0 bridgehead atoms. The van der Waals surface area contributed by atoms with E-state index < -0.39 is 5.54 Å². The monoisotopic (exact) mass is 278 g/mol. The molecule has 2 rings (SSSR count). The summed E-state index contributed by atoms with van der Waals surface area (Å²) in [5, 5.41) is 0. The zero-order valence-corrected chi connectivity index (χ0v) is 12.1. The molecule has 1 aromatic rings. The van der Waals surface area contributed by atoms with Crippen molar-refractivity contribution in [1.82, 2.24) is 4.90 Å². The van der Waals surface area contributed by atoms with Crippen LogP contribution in [0.4, 0.5) is 0 Å². The van der Waals surface area contributed by atoms with E-state index in [0.717, 1.165) is 11.3 Å². The largest absolute Gasteiger partial charge is 0.497 e. The van der Waals surface area contributed by atoms with Crippen LogP contribution in [-0.2, 0) is 16.1 Å². The number of amides is 1. The molecule has 5 heteroatoms. The first-order valence-corrected chi connectivity index (χ1v) is 6.80. The van der Waals surface area contributed by atoms with Gasteiger partial charge in [-0.15, -0.1) is 0 Å². The zero-order valence-electron chi connectivity index (χ0n) is 12.1. The number of carbonyl (C=O) groups excluding carboxylic acids is 1. The van der Waals surface area contributed by atoms with Crippen molar-refractivity contribution in [2.45, 2.75) is 24.9 Å². The summed E-state index contributed by atoms with van der Waals surface area (Å²) in [6, 6.07) is 7.70. The van der Waals surface area contributed by atoms with Gasteiger partial charge in [0.2, 0.25) is 5.91 Å². The highest BCUT2D eigenvalue weighted by Crippen LogP contribution is 2.21. The van der Waals surface area contributed by atoms with Gasteiger partial charge in [-0.1, -0.05) is 12.1 Å². The average Bonchev–Trinajstić information content (AvgIpc) is 2.47. The van der Waals surface area contributed by atoms with E-state index in [0.29, 0.717) is 32.6 Å². The third kappa shape index (κ3) is 3.29. The van der Waals surface area contributed by atoms with E-state index in [9.17, 15) is 4.79 Å². The Morgan fingerprint density at radius 1 is 1.45 bits per heavy atom. The van der Waals surface area contributed by atoms with Crippen LogP contribution in [0.5, 0.6) is 5.75 Å². The molecule has 5 nitrogen and oxygen atoms in total. The average molecular weight is 278 g/mol. The lowest BCUT2D eigenvalue weighted by atomic mass is 9.89. The SMILES string of the molecule is COc1cccc(CN(C)C(=O)C2(N)CCOCC2)c1. The van der Waals surface area contributed by atoms with Crippen LogP contribution in [0.2, 0.25) is 0 Å². The lowest BCUT2D eigenvalue weighted by Gasteiger charge is -2.35. The fourth-order valence-corrected chi connectivity index (χ4v) is 2.45. The van der Waals surface area contributed by atoms with Gasteiger partial charge in [0.25, 0.3) is 0 Å². The Balaban J connectivity index is 2.03.